The van der Waals surface area contributed by atoms with Crippen LogP contribution in [0.3, 0.4) is 0 Å². The normalized spacial score (nSPS) is 31.9. The summed E-state index contributed by atoms with van der Waals surface area (Å²) in [4.78, 5) is 27.3. The summed E-state index contributed by atoms with van der Waals surface area (Å²) in [5.74, 6) is 0.0715. The van der Waals surface area contributed by atoms with E-state index < -0.39 is 11.1 Å². The predicted molar refractivity (Wildman–Crippen MR) is 79.3 cm³/mol. The summed E-state index contributed by atoms with van der Waals surface area (Å²) in [6.45, 7) is 7.56. The lowest BCUT2D eigenvalue weighted by molar-refractivity contribution is -0.164. The molecule has 1 saturated carbocycles. The number of hydrogen-bond acceptors (Lipinski definition) is 2. The van der Waals surface area contributed by atoms with Crippen LogP contribution in [0, 0.1) is 0 Å². The highest BCUT2D eigenvalue weighted by Gasteiger charge is 2.53. The first-order valence-corrected chi connectivity index (χ1v) is 7.99. The van der Waals surface area contributed by atoms with E-state index in [4.69, 9.17) is 0 Å². The number of carbonyl (C=O) groups is 2. The van der Waals surface area contributed by atoms with E-state index in [1.165, 1.54) is 12.8 Å². The summed E-state index contributed by atoms with van der Waals surface area (Å²) < 4.78 is 0. The van der Waals surface area contributed by atoms with Crippen molar-refractivity contribution in [1.82, 2.24) is 10.2 Å². The average molecular weight is 280 g/mol. The lowest BCUT2D eigenvalue weighted by Gasteiger charge is -2.51. The van der Waals surface area contributed by atoms with Crippen LogP contribution in [0.4, 0.5) is 0 Å². The van der Waals surface area contributed by atoms with Crippen molar-refractivity contribution in [3.05, 3.63) is 0 Å². The second kappa shape index (κ2) is 5.38. The third kappa shape index (κ3) is 2.45. The minimum absolute atomic E-state index is 0.0225. The Labute approximate surface area is 122 Å². The molecule has 2 amide bonds. The van der Waals surface area contributed by atoms with Crippen LogP contribution in [0.5, 0.6) is 0 Å². The van der Waals surface area contributed by atoms with Gasteiger partial charge in [-0.25, -0.2) is 0 Å². The van der Waals surface area contributed by atoms with Crippen LogP contribution in [0.2, 0.25) is 0 Å². The zero-order chi connectivity index (χ0) is 15.0. The van der Waals surface area contributed by atoms with Crippen molar-refractivity contribution >= 4 is 11.8 Å². The summed E-state index contributed by atoms with van der Waals surface area (Å²) in [6.07, 6.45) is 7.51. The lowest BCUT2D eigenvalue weighted by Crippen LogP contribution is -2.74. The largest absolute Gasteiger partial charge is 0.340 e. The second-order valence-electron chi connectivity index (χ2n) is 7.02. The van der Waals surface area contributed by atoms with Gasteiger partial charge in [0.25, 0.3) is 0 Å². The Morgan fingerprint density at radius 3 is 2.15 bits per heavy atom. The lowest BCUT2D eigenvalue weighted by atomic mass is 9.84. The van der Waals surface area contributed by atoms with Gasteiger partial charge in [0.05, 0.1) is 0 Å². The maximum Gasteiger partial charge on any atom is 0.249 e. The van der Waals surface area contributed by atoms with E-state index in [0.29, 0.717) is 6.42 Å². The molecule has 1 saturated heterocycles. The number of nitrogens with one attached hydrogen (secondary N) is 1. The van der Waals surface area contributed by atoms with Gasteiger partial charge in [-0.1, -0.05) is 32.6 Å². The standard InChI is InChI=1S/C16H28N2O2/c1-5-16(4)14(20)18(15(2,3)13(19)17-16)12-10-8-6-7-9-11-12/h12H,5-11H2,1-4H3,(H,17,19). The Morgan fingerprint density at radius 2 is 1.65 bits per heavy atom. The number of rotatable bonds is 2. The van der Waals surface area contributed by atoms with Crippen LogP contribution in [0.15, 0.2) is 0 Å². The van der Waals surface area contributed by atoms with Crippen molar-refractivity contribution in [2.45, 2.75) is 89.8 Å². The number of nitrogens with zero attached hydrogens (tertiary/aromatic N) is 1. The van der Waals surface area contributed by atoms with Crippen LogP contribution in [0.1, 0.15) is 72.6 Å². The molecule has 0 aromatic heterocycles. The van der Waals surface area contributed by atoms with E-state index in [0.717, 1.165) is 25.7 Å². The molecule has 4 nitrogen and oxygen atoms in total. The average Bonchev–Trinajstić information content (AvgIpc) is 2.66. The smallest absolute Gasteiger partial charge is 0.249 e. The number of amides is 2. The molecule has 1 aliphatic carbocycles. The highest BCUT2D eigenvalue weighted by atomic mass is 16.2. The minimum atomic E-state index is -0.737. The van der Waals surface area contributed by atoms with Crippen molar-refractivity contribution < 1.29 is 9.59 Å². The first-order valence-electron chi connectivity index (χ1n) is 7.99. The zero-order valence-corrected chi connectivity index (χ0v) is 13.3. The van der Waals surface area contributed by atoms with Crippen LogP contribution < -0.4 is 5.32 Å². The van der Waals surface area contributed by atoms with Crippen LogP contribution >= 0.6 is 0 Å². The Bertz CT molecular complexity index is 397. The number of piperazine rings is 1. The highest BCUT2D eigenvalue weighted by molar-refractivity contribution is 6.01. The van der Waals surface area contributed by atoms with E-state index in [-0.39, 0.29) is 17.9 Å². The Morgan fingerprint density at radius 1 is 1.10 bits per heavy atom. The molecular weight excluding hydrogens is 252 g/mol. The maximum absolute atomic E-state index is 13.0. The monoisotopic (exact) mass is 280 g/mol. The van der Waals surface area contributed by atoms with E-state index >= 15 is 0 Å². The fourth-order valence-corrected chi connectivity index (χ4v) is 3.46. The number of hydrogen-bond donors (Lipinski definition) is 1. The molecule has 1 unspecified atom stereocenters. The van der Waals surface area contributed by atoms with Gasteiger partial charge in [0, 0.05) is 6.04 Å². The van der Waals surface area contributed by atoms with Gasteiger partial charge < -0.3 is 10.2 Å². The summed E-state index contributed by atoms with van der Waals surface area (Å²) in [5.41, 5.74) is -1.47. The summed E-state index contributed by atoms with van der Waals surface area (Å²) in [7, 11) is 0. The topological polar surface area (TPSA) is 49.4 Å². The molecule has 2 aliphatic rings. The van der Waals surface area contributed by atoms with Gasteiger partial charge in [-0.05, 0) is 40.0 Å². The maximum atomic E-state index is 13.0. The summed E-state index contributed by atoms with van der Waals surface area (Å²) in [6, 6.07) is 0.219. The Hall–Kier alpha value is -1.06. The van der Waals surface area contributed by atoms with E-state index in [1.807, 2.05) is 32.6 Å². The summed E-state index contributed by atoms with van der Waals surface area (Å²) >= 11 is 0. The van der Waals surface area contributed by atoms with Gasteiger partial charge in [0.15, 0.2) is 0 Å². The van der Waals surface area contributed by atoms with Gasteiger partial charge in [-0.3, -0.25) is 9.59 Å². The minimum Gasteiger partial charge on any atom is -0.340 e. The molecule has 0 spiro atoms. The van der Waals surface area contributed by atoms with Crippen LogP contribution in [-0.2, 0) is 9.59 Å². The SMILES string of the molecule is CCC1(C)NC(=O)C(C)(C)N(C2CCCCCC2)C1=O. The zero-order valence-electron chi connectivity index (χ0n) is 13.3. The molecule has 2 fully saturated rings. The quantitative estimate of drug-likeness (QED) is 0.790. The molecule has 0 bridgehead atoms. The fourth-order valence-electron chi connectivity index (χ4n) is 3.46. The first-order chi connectivity index (χ1) is 9.33. The molecule has 4 heteroatoms. The molecule has 1 N–H and O–H groups in total. The molecular formula is C16H28N2O2. The van der Waals surface area contributed by atoms with Gasteiger partial charge in [-0.2, -0.15) is 0 Å². The molecule has 0 aromatic carbocycles. The van der Waals surface area contributed by atoms with E-state index in [1.54, 1.807) is 0 Å². The molecule has 1 aliphatic heterocycles. The van der Waals surface area contributed by atoms with Gasteiger partial charge in [0.2, 0.25) is 11.8 Å². The van der Waals surface area contributed by atoms with Crippen LogP contribution in [-0.4, -0.2) is 33.8 Å². The third-order valence-corrected chi connectivity index (χ3v) is 5.14. The molecule has 0 aromatic rings. The molecule has 1 heterocycles. The summed E-state index contributed by atoms with van der Waals surface area (Å²) in [5, 5.41) is 2.94. The van der Waals surface area contributed by atoms with Gasteiger partial charge in [-0.15, -0.1) is 0 Å². The molecule has 1 atom stereocenters. The molecule has 114 valence electrons. The molecule has 0 radical (unpaired) electrons. The second-order valence-corrected chi connectivity index (χ2v) is 7.02. The Kier molecular flexibility index (Phi) is 4.12. The van der Waals surface area contributed by atoms with Crippen molar-refractivity contribution in [3.63, 3.8) is 0 Å². The number of carbonyl (C=O) groups excluding carboxylic acids is 2. The van der Waals surface area contributed by atoms with E-state index in [2.05, 4.69) is 5.32 Å². The van der Waals surface area contributed by atoms with Crippen molar-refractivity contribution in [2.75, 3.05) is 0 Å². The first kappa shape index (κ1) is 15.3. The molecule has 2 rings (SSSR count). The van der Waals surface area contributed by atoms with Crippen molar-refractivity contribution in [2.24, 2.45) is 0 Å². The van der Waals surface area contributed by atoms with Crippen molar-refractivity contribution in [1.29, 1.82) is 0 Å². The van der Waals surface area contributed by atoms with Crippen molar-refractivity contribution in [3.8, 4) is 0 Å². The van der Waals surface area contributed by atoms with Crippen LogP contribution in [0.25, 0.3) is 0 Å². The van der Waals surface area contributed by atoms with E-state index in [9.17, 15) is 9.59 Å². The highest BCUT2D eigenvalue weighted by Crippen LogP contribution is 2.34. The predicted octanol–water partition coefficient (Wildman–Crippen LogP) is 2.61. The third-order valence-electron chi connectivity index (χ3n) is 5.14. The van der Waals surface area contributed by atoms with Gasteiger partial charge >= 0.3 is 0 Å². The van der Waals surface area contributed by atoms with Gasteiger partial charge in [0.1, 0.15) is 11.1 Å². The Balaban J connectivity index is 2.34. The molecule has 20 heavy (non-hydrogen) atoms. The fraction of sp³-hybridized carbons (Fsp3) is 0.875.